The van der Waals surface area contributed by atoms with Crippen LogP contribution in [0.5, 0.6) is 0 Å². The first-order chi connectivity index (χ1) is 15.0. The second-order valence-electron chi connectivity index (χ2n) is 7.58. The van der Waals surface area contributed by atoms with Gasteiger partial charge >= 0.3 is 0 Å². The summed E-state index contributed by atoms with van der Waals surface area (Å²) in [5, 5.41) is 4.40. The van der Waals surface area contributed by atoms with Crippen LogP contribution in [0, 0.1) is 5.82 Å². The molecule has 0 unspecified atom stereocenters. The van der Waals surface area contributed by atoms with Gasteiger partial charge in [0, 0.05) is 37.8 Å². The quantitative estimate of drug-likeness (QED) is 0.637. The summed E-state index contributed by atoms with van der Waals surface area (Å²) < 4.78 is 15.2. The molecule has 2 aromatic carbocycles. The minimum absolute atomic E-state index is 0.112. The van der Waals surface area contributed by atoms with E-state index in [0.717, 1.165) is 12.0 Å². The molecule has 4 rings (SSSR count). The zero-order valence-electron chi connectivity index (χ0n) is 17.5. The Kier molecular flexibility index (Phi) is 6.11. The van der Waals surface area contributed by atoms with Crippen molar-refractivity contribution in [3.05, 3.63) is 82.4 Å². The summed E-state index contributed by atoms with van der Waals surface area (Å²) in [5.74, 6) is -0.428. The van der Waals surface area contributed by atoms with E-state index in [1.165, 1.54) is 22.4 Å². The van der Waals surface area contributed by atoms with Crippen molar-refractivity contribution in [1.82, 2.24) is 14.7 Å². The lowest BCUT2D eigenvalue weighted by Gasteiger charge is -2.36. The maximum atomic E-state index is 14.0. The predicted octanol–water partition coefficient (Wildman–Crippen LogP) is 2.96. The number of carbonyl (C=O) groups is 1. The third kappa shape index (κ3) is 4.66. The standard InChI is InChI=1S/C24H25FN4O2/c1-2-18-7-9-19(10-8-18)21-11-12-23(30)29(26-21)17-24(31)28-15-13-27(14-16-28)22-6-4-3-5-20(22)25/h3-12H,2,13-17H2,1H3. The summed E-state index contributed by atoms with van der Waals surface area (Å²) in [4.78, 5) is 28.7. The molecule has 1 amide bonds. The Morgan fingerprint density at radius 3 is 2.35 bits per heavy atom. The zero-order valence-corrected chi connectivity index (χ0v) is 17.5. The van der Waals surface area contributed by atoms with Crippen LogP contribution >= 0.6 is 0 Å². The van der Waals surface area contributed by atoms with Crippen LogP contribution in [0.25, 0.3) is 11.3 Å². The molecule has 0 saturated carbocycles. The fraction of sp³-hybridized carbons (Fsp3) is 0.292. The summed E-state index contributed by atoms with van der Waals surface area (Å²) in [6, 6.07) is 17.8. The van der Waals surface area contributed by atoms with E-state index >= 15 is 0 Å². The highest BCUT2D eigenvalue weighted by Crippen LogP contribution is 2.20. The third-order valence-electron chi connectivity index (χ3n) is 5.64. The molecule has 3 aromatic rings. The van der Waals surface area contributed by atoms with Crippen molar-refractivity contribution in [3.8, 4) is 11.3 Å². The fourth-order valence-corrected chi connectivity index (χ4v) is 3.76. The molecule has 7 heteroatoms. The molecule has 1 saturated heterocycles. The van der Waals surface area contributed by atoms with E-state index < -0.39 is 0 Å². The van der Waals surface area contributed by atoms with Gasteiger partial charge in [0.05, 0.1) is 11.4 Å². The number of piperazine rings is 1. The zero-order chi connectivity index (χ0) is 21.8. The van der Waals surface area contributed by atoms with Gasteiger partial charge < -0.3 is 9.80 Å². The van der Waals surface area contributed by atoms with Gasteiger partial charge in [0.2, 0.25) is 5.91 Å². The first-order valence-corrected chi connectivity index (χ1v) is 10.5. The van der Waals surface area contributed by atoms with Crippen molar-refractivity contribution in [2.45, 2.75) is 19.9 Å². The average Bonchev–Trinajstić information content (AvgIpc) is 2.81. The molecule has 2 heterocycles. The smallest absolute Gasteiger partial charge is 0.267 e. The van der Waals surface area contributed by atoms with Crippen molar-refractivity contribution in [2.24, 2.45) is 0 Å². The number of halogens is 1. The molecule has 0 spiro atoms. The van der Waals surface area contributed by atoms with Crippen LogP contribution in [0.3, 0.4) is 0 Å². The van der Waals surface area contributed by atoms with Crippen LogP contribution in [0.15, 0.2) is 65.5 Å². The van der Waals surface area contributed by atoms with E-state index in [2.05, 4.69) is 12.0 Å². The molecule has 6 nitrogen and oxygen atoms in total. The van der Waals surface area contributed by atoms with Gasteiger partial charge in [-0.1, -0.05) is 43.3 Å². The Labute approximate surface area is 180 Å². The lowest BCUT2D eigenvalue weighted by atomic mass is 10.1. The number of hydrogen-bond acceptors (Lipinski definition) is 4. The maximum Gasteiger partial charge on any atom is 0.267 e. The molecule has 1 aromatic heterocycles. The highest BCUT2D eigenvalue weighted by molar-refractivity contribution is 5.76. The van der Waals surface area contributed by atoms with Crippen molar-refractivity contribution in [1.29, 1.82) is 0 Å². The van der Waals surface area contributed by atoms with Crippen LogP contribution in [0.4, 0.5) is 10.1 Å². The summed E-state index contributed by atoms with van der Waals surface area (Å²) in [6.07, 6.45) is 0.950. The Morgan fingerprint density at radius 2 is 1.68 bits per heavy atom. The van der Waals surface area contributed by atoms with Crippen LogP contribution in [0.1, 0.15) is 12.5 Å². The summed E-state index contributed by atoms with van der Waals surface area (Å²) in [6.45, 7) is 4.01. The van der Waals surface area contributed by atoms with Crippen LogP contribution in [-0.2, 0) is 17.8 Å². The Morgan fingerprint density at radius 1 is 0.968 bits per heavy atom. The van der Waals surface area contributed by atoms with Gasteiger partial charge in [0.25, 0.3) is 5.56 Å². The van der Waals surface area contributed by atoms with E-state index in [1.807, 2.05) is 29.2 Å². The van der Waals surface area contributed by atoms with Crippen molar-refractivity contribution >= 4 is 11.6 Å². The van der Waals surface area contributed by atoms with Crippen LogP contribution < -0.4 is 10.5 Å². The molecule has 31 heavy (non-hydrogen) atoms. The molecule has 0 bridgehead atoms. The number of benzene rings is 2. The molecule has 0 atom stereocenters. The van der Waals surface area contributed by atoms with E-state index in [4.69, 9.17) is 0 Å². The molecular weight excluding hydrogens is 395 g/mol. The topological polar surface area (TPSA) is 58.4 Å². The number of aryl methyl sites for hydroxylation is 1. The normalized spacial score (nSPS) is 14.0. The molecule has 0 aliphatic carbocycles. The Balaban J connectivity index is 1.43. The molecule has 0 radical (unpaired) electrons. The van der Waals surface area contributed by atoms with Gasteiger partial charge in [-0.2, -0.15) is 5.10 Å². The van der Waals surface area contributed by atoms with Gasteiger partial charge in [0.15, 0.2) is 0 Å². The lowest BCUT2D eigenvalue weighted by molar-refractivity contribution is -0.132. The third-order valence-corrected chi connectivity index (χ3v) is 5.64. The molecule has 1 fully saturated rings. The predicted molar refractivity (Wildman–Crippen MR) is 119 cm³/mol. The lowest BCUT2D eigenvalue weighted by Crippen LogP contribution is -2.50. The number of aromatic nitrogens is 2. The molecule has 160 valence electrons. The largest absolute Gasteiger partial charge is 0.366 e. The number of carbonyl (C=O) groups excluding carboxylic acids is 1. The van der Waals surface area contributed by atoms with Gasteiger partial charge in [-0.05, 0) is 30.2 Å². The molecule has 1 aliphatic heterocycles. The second-order valence-corrected chi connectivity index (χ2v) is 7.58. The highest BCUT2D eigenvalue weighted by atomic mass is 19.1. The highest BCUT2D eigenvalue weighted by Gasteiger charge is 2.23. The maximum absolute atomic E-state index is 14.0. The molecular formula is C24H25FN4O2. The number of anilines is 1. The Bertz CT molecular complexity index is 1120. The number of nitrogens with zero attached hydrogens (tertiary/aromatic N) is 4. The Hall–Kier alpha value is -3.48. The molecule has 0 N–H and O–H groups in total. The van der Waals surface area contributed by atoms with Crippen molar-refractivity contribution < 1.29 is 9.18 Å². The van der Waals surface area contributed by atoms with E-state index in [0.29, 0.717) is 37.6 Å². The number of rotatable bonds is 5. The fourth-order valence-electron chi connectivity index (χ4n) is 3.76. The van der Waals surface area contributed by atoms with Gasteiger partial charge in [-0.15, -0.1) is 0 Å². The second kappa shape index (κ2) is 9.12. The van der Waals surface area contributed by atoms with Gasteiger partial charge in [0.1, 0.15) is 12.4 Å². The summed E-state index contributed by atoms with van der Waals surface area (Å²) >= 11 is 0. The monoisotopic (exact) mass is 420 g/mol. The van der Waals surface area contributed by atoms with E-state index in [-0.39, 0.29) is 23.8 Å². The minimum Gasteiger partial charge on any atom is -0.366 e. The van der Waals surface area contributed by atoms with Crippen LogP contribution in [0.2, 0.25) is 0 Å². The average molecular weight is 420 g/mol. The van der Waals surface area contributed by atoms with Gasteiger partial charge in [-0.3, -0.25) is 9.59 Å². The van der Waals surface area contributed by atoms with Crippen molar-refractivity contribution in [3.63, 3.8) is 0 Å². The summed E-state index contributed by atoms with van der Waals surface area (Å²) in [5.41, 5.74) is 3.01. The van der Waals surface area contributed by atoms with Gasteiger partial charge in [-0.25, -0.2) is 9.07 Å². The minimum atomic E-state index is -0.313. The number of hydrogen-bond donors (Lipinski definition) is 0. The molecule has 1 aliphatic rings. The number of amides is 1. The first-order valence-electron chi connectivity index (χ1n) is 10.5. The van der Waals surface area contributed by atoms with E-state index in [9.17, 15) is 14.0 Å². The van der Waals surface area contributed by atoms with E-state index in [1.54, 1.807) is 29.2 Å². The first kappa shape index (κ1) is 20.8. The van der Waals surface area contributed by atoms with Crippen LogP contribution in [-0.4, -0.2) is 46.8 Å². The summed E-state index contributed by atoms with van der Waals surface area (Å²) in [7, 11) is 0. The SMILES string of the molecule is CCc1ccc(-c2ccc(=O)n(CC(=O)N3CCN(c4ccccc4F)CC3)n2)cc1. The van der Waals surface area contributed by atoms with Crippen molar-refractivity contribution in [2.75, 3.05) is 31.1 Å². The number of para-hydroxylation sites is 1.